The number of carbonyl (C=O) groups excluding carboxylic acids is 1. The first-order chi connectivity index (χ1) is 6.14. The minimum absolute atomic E-state index is 0.0189. The van der Waals surface area contributed by atoms with Crippen LogP contribution in [0.15, 0.2) is 0 Å². The van der Waals surface area contributed by atoms with Crippen molar-refractivity contribution in [1.82, 2.24) is 5.32 Å². The van der Waals surface area contributed by atoms with E-state index in [2.05, 4.69) is 5.32 Å². The molecule has 0 spiro atoms. The maximum Gasteiger partial charge on any atom is 0.234 e. The molecule has 0 aliphatic carbocycles. The Bertz CT molecular complexity index is 149. The molecular weight excluding hydrogens is 190 g/mol. The molecule has 0 rings (SSSR count). The first kappa shape index (κ1) is 12.7. The zero-order chi connectivity index (χ0) is 10.3. The van der Waals surface area contributed by atoms with E-state index in [1.807, 2.05) is 13.8 Å². The lowest BCUT2D eigenvalue weighted by Crippen LogP contribution is -2.39. The molecule has 1 amide bonds. The molecule has 0 fully saturated rings. The number of rotatable bonds is 6. The molecule has 0 radical (unpaired) electrons. The summed E-state index contributed by atoms with van der Waals surface area (Å²) in [5, 5.41) is 11.9. The van der Waals surface area contributed by atoms with Crippen molar-refractivity contribution in [2.45, 2.75) is 26.7 Å². The minimum atomic E-state index is -0.179. The van der Waals surface area contributed by atoms with E-state index < -0.39 is 0 Å². The highest BCUT2D eigenvalue weighted by Gasteiger charge is 2.25. The van der Waals surface area contributed by atoms with Crippen molar-refractivity contribution in [2.24, 2.45) is 5.41 Å². The lowest BCUT2D eigenvalue weighted by atomic mass is 9.83. The summed E-state index contributed by atoms with van der Waals surface area (Å²) in [5.41, 5.74) is -0.179. The molecule has 2 N–H and O–H groups in total. The zero-order valence-electron chi connectivity index (χ0n) is 8.27. The molecule has 0 aromatic carbocycles. The van der Waals surface area contributed by atoms with Gasteiger partial charge in [0.2, 0.25) is 5.91 Å². The van der Waals surface area contributed by atoms with Crippen LogP contribution >= 0.6 is 11.6 Å². The van der Waals surface area contributed by atoms with Crippen molar-refractivity contribution in [3.8, 4) is 0 Å². The van der Waals surface area contributed by atoms with Crippen LogP contribution in [0.25, 0.3) is 0 Å². The van der Waals surface area contributed by atoms with Crippen LogP contribution in [-0.4, -0.2) is 30.0 Å². The molecule has 13 heavy (non-hydrogen) atoms. The molecule has 4 heteroatoms. The fourth-order valence-electron chi connectivity index (χ4n) is 1.11. The molecule has 78 valence electrons. The monoisotopic (exact) mass is 207 g/mol. The maximum absolute atomic E-state index is 10.9. The fourth-order valence-corrected chi connectivity index (χ4v) is 1.21. The summed E-state index contributed by atoms with van der Waals surface area (Å²) in [7, 11) is 0. The number of hydrogen-bond donors (Lipinski definition) is 2. The second kappa shape index (κ2) is 6.22. The third kappa shape index (κ3) is 3.96. The molecule has 0 unspecified atom stereocenters. The van der Waals surface area contributed by atoms with Crippen LogP contribution < -0.4 is 5.32 Å². The lowest BCUT2D eigenvalue weighted by Gasteiger charge is -2.29. The van der Waals surface area contributed by atoms with E-state index >= 15 is 0 Å². The van der Waals surface area contributed by atoms with Crippen molar-refractivity contribution in [1.29, 1.82) is 0 Å². The highest BCUT2D eigenvalue weighted by molar-refractivity contribution is 6.27. The highest BCUT2D eigenvalue weighted by atomic mass is 35.5. The van der Waals surface area contributed by atoms with E-state index in [1.165, 1.54) is 0 Å². The van der Waals surface area contributed by atoms with Crippen molar-refractivity contribution in [3.63, 3.8) is 0 Å². The molecule has 3 nitrogen and oxygen atoms in total. The number of hydrogen-bond acceptors (Lipinski definition) is 2. The zero-order valence-corrected chi connectivity index (χ0v) is 9.02. The predicted octanol–water partition coefficient (Wildman–Crippen LogP) is 1.14. The number of alkyl halides is 1. The average molecular weight is 208 g/mol. The van der Waals surface area contributed by atoms with Crippen LogP contribution in [0.4, 0.5) is 0 Å². The van der Waals surface area contributed by atoms with Gasteiger partial charge in [0.25, 0.3) is 0 Å². The highest BCUT2D eigenvalue weighted by Crippen LogP contribution is 2.24. The van der Waals surface area contributed by atoms with E-state index in [9.17, 15) is 9.90 Å². The SMILES string of the molecule is CCC(CC)(CO)CNC(=O)CCl. The van der Waals surface area contributed by atoms with Crippen molar-refractivity contribution < 1.29 is 9.90 Å². The summed E-state index contributed by atoms with van der Waals surface area (Å²) in [6, 6.07) is 0. The molecule has 0 heterocycles. The summed E-state index contributed by atoms with van der Waals surface area (Å²) >= 11 is 5.34. The molecular formula is C9H18ClNO2. The Hall–Kier alpha value is -0.280. The third-order valence-electron chi connectivity index (χ3n) is 2.62. The fraction of sp³-hybridized carbons (Fsp3) is 0.889. The molecule has 0 atom stereocenters. The van der Waals surface area contributed by atoms with Gasteiger partial charge >= 0.3 is 0 Å². The Balaban J connectivity index is 4.02. The largest absolute Gasteiger partial charge is 0.396 e. The standard InChI is InChI=1S/C9H18ClNO2/c1-3-9(4-2,7-12)6-11-8(13)5-10/h12H,3-7H2,1-2H3,(H,11,13). The number of aliphatic hydroxyl groups is 1. The van der Waals surface area contributed by atoms with Crippen molar-refractivity contribution in [2.75, 3.05) is 19.0 Å². The van der Waals surface area contributed by atoms with Gasteiger partial charge in [-0.05, 0) is 12.8 Å². The predicted molar refractivity (Wildman–Crippen MR) is 53.8 cm³/mol. The lowest BCUT2D eigenvalue weighted by molar-refractivity contribution is -0.119. The van der Waals surface area contributed by atoms with E-state index in [0.717, 1.165) is 12.8 Å². The molecule has 0 bridgehead atoms. The molecule has 0 saturated carbocycles. The van der Waals surface area contributed by atoms with Gasteiger partial charge in [0.05, 0.1) is 6.61 Å². The van der Waals surface area contributed by atoms with Crippen LogP contribution in [0.3, 0.4) is 0 Å². The van der Waals surface area contributed by atoms with Crippen LogP contribution in [0.2, 0.25) is 0 Å². The Morgan fingerprint density at radius 3 is 2.31 bits per heavy atom. The van der Waals surface area contributed by atoms with Gasteiger partial charge in [0.1, 0.15) is 5.88 Å². The van der Waals surface area contributed by atoms with Gasteiger partial charge in [-0.25, -0.2) is 0 Å². The Morgan fingerprint density at radius 1 is 1.46 bits per heavy atom. The minimum Gasteiger partial charge on any atom is -0.396 e. The van der Waals surface area contributed by atoms with Crippen LogP contribution in [0.5, 0.6) is 0 Å². The second-order valence-corrected chi connectivity index (χ2v) is 3.54. The summed E-state index contributed by atoms with van der Waals surface area (Å²) in [5.74, 6) is -0.198. The van der Waals surface area contributed by atoms with E-state index in [1.54, 1.807) is 0 Å². The number of aliphatic hydroxyl groups excluding tert-OH is 1. The first-order valence-corrected chi connectivity index (χ1v) is 5.11. The van der Waals surface area contributed by atoms with Crippen molar-refractivity contribution in [3.05, 3.63) is 0 Å². The van der Waals surface area contributed by atoms with Gasteiger partial charge in [-0.3, -0.25) is 4.79 Å². The van der Waals surface area contributed by atoms with E-state index in [-0.39, 0.29) is 23.8 Å². The smallest absolute Gasteiger partial charge is 0.234 e. The summed E-state index contributed by atoms with van der Waals surface area (Å²) in [6.45, 7) is 4.61. The van der Waals surface area contributed by atoms with Crippen LogP contribution in [-0.2, 0) is 4.79 Å². The van der Waals surface area contributed by atoms with Gasteiger partial charge < -0.3 is 10.4 Å². The second-order valence-electron chi connectivity index (χ2n) is 3.28. The van der Waals surface area contributed by atoms with Crippen LogP contribution in [0.1, 0.15) is 26.7 Å². The normalized spacial score (nSPS) is 11.4. The average Bonchev–Trinajstić information content (AvgIpc) is 2.20. The Kier molecular flexibility index (Phi) is 6.08. The quantitative estimate of drug-likeness (QED) is 0.642. The Labute approximate surface area is 84.5 Å². The third-order valence-corrected chi connectivity index (χ3v) is 2.86. The van der Waals surface area contributed by atoms with E-state index in [4.69, 9.17) is 11.6 Å². The van der Waals surface area contributed by atoms with Crippen LogP contribution in [0, 0.1) is 5.41 Å². The molecule has 0 saturated heterocycles. The first-order valence-electron chi connectivity index (χ1n) is 4.57. The molecule has 0 aliphatic heterocycles. The van der Waals surface area contributed by atoms with Gasteiger partial charge in [0, 0.05) is 12.0 Å². The Morgan fingerprint density at radius 2 is 2.00 bits per heavy atom. The summed E-state index contributed by atoms with van der Waals surface area (Å²) in [6.07, 6.45) is 1.70. The van der Waals surface area contributed by atoms with Gasteiger partial charge in [-0.15, -0.1) is 11.6 Å². The van der Waals surface area contributed by atoms with Gasteiger partial charge in [0.15, 0.2) is 0 Å². The molecule has 0 aliphatic rings. The van der Waals surface area contributed by atoms with Gasteiger partial charge in [-0.2, -0.15) is 0 Å². The topological polar surface area (TPSA) is 49.3 Å². The van der Waals surface area contributed by atoms with Gasteiger partial charge in [-0.1, -0.05) is 13.8 Å². The number of carbonyl (C=O) groups is 1. The van der Waals surface area contributed by atoms with E-state index in [0.29, 0.717) is 6.54 Å². The maximum atomic E-state index is 10.9. The summed E-state index contributed by atoms with van der Waals surface area (Å²) in [4.78, 5) is 10.9. The molecule has 0 aromatic rings. The number of halogens is 1. The van der Waals surface area contributed by atoms with Crippen molar-refractivity contribution >= 4 is 17.5 Å². The molecule has 0 aromatic heterocycles. The number of nitrogens with one attached hydrogen (secondary N) is 1. The summed E-state index contributed by atoms with van der Waals surface area (Å²) < 4.78 is 0. The number of amides is 1.